The van der Waals surface area contributed by atoms with Gasteiger partial charge in [-0.2, -0.15) is 0 Å². The highest BCUT2D eigenvalue weighted by Gasteiger charge is 2.15. The number of rotatable bonds is 7. The first-order valence-electron chi connectivity index (χ1n) is 7.37. The lowest BCUT2D eigenvalue weighted by molar-refractivity contribution is -0.384. The van der Waals surface area contributed by atoms with Crippen LogP contribution in [0.25, 0.3) is 0 Å². The van der Waals surface area contributed by atoms with Gasteiger partial charge >= 0.3 is 0 Å². The van der Waals surface area contributed by atoms with Crippen molar-refractivity contribution in [3.63, 3.8) is 0 Å². The van der Waals surface area contributed by atoms with Crippen molar-refractivity contribution in [3.8, 4) is 0 Å². The number of amides is 2. The van der Waals surface area contributed by atoms with Gasteiger partial charge in [0.2, 0.25) is 5.91 Å². The van der Waals surface area contributed by atoms with E-state index in [0.717, 1.165) is 0 Å². The minimum absolute atomic E-state index is 0.0801. The summed E-state index contributed by atoms with van der Waals surface area (Å²) in [6.45, 7) is 0.362. The number of carbonyl (C=O) groups excluding carboxylic acids is 2. The molecule has 2 rings (SSSR count). The number of hydrogen-bond donors (Lipinski definition) is 1. The first kappa shape index (κ1) is 18.9. The molecule has 9 heteroatoms. The SMILES string of the molecule is CN(Cc1cc([N+](=O)[O-])ccc1Cl)C(=O)CCNC(=O)c1cccs1. The number of hydrogen-bond acceptors (Lipinski definition) is 5. The summed E-state index contributed by atoms with van der Waals surface area (Å²) in [6, 6.07) is 7.59. The number of benzene rings is 1. The van der Waals surface area contributed by atoms with E-state index in [2.05, 4.69) is 5.32 Å². The smallest absolute Gasteiger partial charge is 0.269 e. The van der Waals surface area contributed by atoms with Crippen LogP contribution in [-0.2, 0) is 11.3 Å². The molecule has 0 aliphatic rings. The number of nitrogens with zero attached hydrogens (tertiary/aromatic N) is 2. The minimum Gasteiger partial charge on any atom is -0.351 e. The maximum absolute atomic E-state index is 12.1. The quantitative estimate of drug-likeness (QED) is 0.589. The van der Waals surface area contributed by atoms with Crippen LogP contribution in [0.5, 0.6) is 0 Å². The number of nitrogens with one attached hydrogen (secondary N) is 1. The minimum atomic E-state index is -0.512. The van der Waals surface area contributed by atoms with Crippen molar-refractivity contribution in [1.29, 1.82) is 0 Å². The largest absolute Gasteiger partial charge is 0.351 e. The number of carbonyl (C=O) groups is 2. The van der Waals surface area contributed by atoms with Crippen LogP contribution in [-0.4, -0.2) is 35.2 Å². The van der Waals surface area contributed by atoms with E-state index < -0.39 is 4.92 Å². The van der Waals surface area contributed by atoms with Gasteiger partial charge in [0.05, 0.1) is 9.80 Å². The van der Waals surface area contributed by atoms with Crippen molar-refractivity contribution >= 4 is 40.4 Å². The molecule has 0 radical (unpaired) electrons. The van der Waals surface area contributed by atoms with Crippen molar-refractivity contribution in [3.05, 3.63) is 61.3 Å². The van der Waals surface area contributed by atoms with Gasteiger partial charge in [-0.05, 0) is 23.1 Å². The summed E-state index contributed by atoms with van der Waals surface area (Å²) in [4.78, 5) is 36.3. The highest BCUT2D eigenvalue weighted by atomic mass is 35.5. The molecule has 0 saturated heterocycles. The van der Waals surface area contributed by atoms with Gasteiger partial charge in [-0.1, -0.05) is 17.7 Å². The van der Waals surface area contributed by atoms with Crippen LogP contribution in [0.15, 0.2) is 35.7 Å². The molecule has 0 aliphatic carbocycles. The van der Waals surface area contributed by atoms with Crippen LogP contribution in [0.2, 0.25) is 5.02 Å². The molecule has 0 fully saturated rings. The van der Waals surface area contributed by atoms with Gasteiger partial charge in [-0.15, -0.1) is 11.3 Å². The van der Waals surface area contributed by atoms with Crippen LogP contribution >= 0.6 is 22.9 Å². The van der Waals surface area contributed by atoms with Crippen molar-refractivity contribution in [2.75, 3.05) is 13.6 Å². The predicted octanol–water partition coefficient (Wildman–Crippen LogP) is 3.09. The second-order valence-electron chi connectivity index (χ2n) is 5.27. The van der Waals surface area contributed by atoms with Gasteiger partial charge in [-0.3, -0.25) is 19.7 Å². The Morgan fingerprint density at radius 2 is 2.12 bits per heavy atom. The number of halogens is 1. The Morgan fingerprint density at radius 3 is 2.76 bits per heavy atom. The van der Waals surface area contributed by atoms with E-state index in [9.17, 15) is 19.7 Å². The molecule has 0 aliphatic heterocycles. The first-order valence-corrected chi connectivity index (χ1v) is 8.62. The molecule has 25 heavy (non-hydrogen) atoms. The third-order valence-electron chi connectivity index (χ3n) is 3.44. The third kappa shape index (κ3) is 5.27. The van der Waals surface area contributed by atoms with E-state index in [1.54, 1.807) is 24.6 Å². The Labute approximate surface area is 153 Å². The molecule has 0 saturated carbocycles. The van der Waals surface area contributed by atoms with Gasteiger partial charge in [0.15, 0.2) is 0 Å². The molecule has 0 atom stereocenters. The van der Waals surface area contributed by atoms with Gasteiger partial charge in [0.1, 0.15) is 0 Å². The Morgan fingerprint density at radius 1 is 1.36 bits per heavy atom. The summed E-state index contributed by atoms with van der Waals surface area (Å²) in [6.07, 6.45) is 0.125. The molecule has 7 nitrogen and oxygen atoms in total. The van der Waals surface area contributed by atoms with Gasteiger partial charge in [0, 0.05) is 43.7 Å². The number of nitro benzene ring substituents is 1. The second-order valence-corrected chi connectivity index (χ2v) is 6.62. The summed E-state index contributed by atoms with van der Waals surface area (Å²) >= 11 is 7.36. The zero-order valence-electron chi connectivity index (χ0n) is 13.4. The Balaban J connectivity index is 1.87. The zero-order valence-corrected chi connectivity index (χ0v) is 15.0. The van der Waals surface area contributed by atoms with Crippen molar-refractivity contribution in [2.24, 2.45) is 0 Å². The topological polar surface area (TPSA) is 92.5 Å². The van der Waals surface area contributed by atoms with Crippen LogP contribution < -0.4 is 5.32 Å². The lowest BCUT2D eigenvalue weighted by atomic mass is 10.2. The molecule has 132 valence electrons. The Hall–Kier alpha value is -2.45. The highest BCUT2D eigenvalue weighted by Crippen LogP contribution is 2.23. The van der Waals surface area contributed by atoms with Gasteiger partial charge in [0.25, 0.3) is 11.6 Å². The molecular formula is C16H16ClN3O4S. The highest BCUT2D eigenvalue weighted by molar-refractivity contribution is 7.12. The van der Waals surface area contributed by atoms with Crippen molar-refractivity contribution in [1.82, 2.24) is 10.2 Å². The Kier molecular flexibility index (Phi) is 6.49. The normalized spacial score (nSPS) is 10.3. The molecule has 1 aromatic carbocycles. The second kappa shape index (κ2) is 8.59. The summed E-state index contributed by atoms with van der Waals surface area (Å²) in [5, 5.41) is 15.7. The van der Waals surface area contributed by atoms with Crippen LogP contribution in [0.4, 0.5) is 5.69 Å². The first-order chi connectivity index (χ1) is 11.9. The average molecular weight is 382 g/mol. The predicted molar refractivity (Wildman–Crippen MR) is 95.8 cm³/mol. The summed E-state index contributed by atoms with van der Waals surface area (Å²) in [5.41, 5.74) is 0.415. The maximum Gasteiger partial charge on any atom is 0.269 e. The standard InChI is InChI=1S/C16H16ClN3O4S/c1-19(10-11-9-12(20(23)24)4-5-13(11)17)15(21)6-7-18-16(22)14-3-2-8-25-14/h2-5,8-9H,6-7,10H2,1H3,(H,18,22). The van der Waals surface area contributed by atoms with E-state index in [1.807, 2.05) is 0 Å². The van der Waals surface area contributed by atoms with Crippen LogP contribution in [0.3, 0.4) is 0 Å². The molecule has 2 amide bonds. The molecule has 1 N–H and O–H groups in total. The lowest BCUT2D eigenvalue weighted by Crippen LogP contribution is -2.31. The van der Waals surface area contributed by atoms with Crippen LogP contribution in [0, 0.1) is 10.1 Å². The molecule has 0 spiro atoms. The molecule has 0 bridgehead atoms. The molecular weight excluding hydrogens is 366 g/mol. The Bertz CT molecular complexity index is 780. The van der Waals surface area contributed by atoms with Gasteiger partial charge in [-0.25, -0.2) is 0 Å². The number of nitro groups is 1. The molecule has 1 heterocycles. The number of non-ortho nitro benzene ring substituents is 1. The van der Waals surface area contributed by atoms with Crippen LogP contribution in [0.1, 0.15) is 21.7 Å². The average Bonchev–Trinajstić information content (AvgIpc) is 3.10. The lowest BCUT2D eigenvalue weighted by Gasteiger charge is -2.18. The zero-order chi connectivity index (χ0) is 18.4. The number of thiophene rings is 1. The van der Waals surface area contributed by atoms with Gasteiger partial charge < -0.3 is 10.2 Å². The van der Waals surface area contributed by atoms with Crippen molar-refractivity contribution in [2.45, 2.75) is 13.0 Å². The monoisotopic (exact) mass is 381 g/mol. The molecule has 1 aromatic heterocycles. The summed E-state index contributed by atoms with van der Waals surface area (Å²) in [7, 11) is 1.58. The maximum atomic E-state index is 12.1. The van der Waals surface area contributed by atoms with E-state index in [1.165, 1.54) is 34.4 Å². The fourth-order valence-electron chi connectivity index (χ4n) is 2.11. The van der Waals surface area contributed by atoms with Crippen molar-refractivity contribution < 1.29 is 14.5 Å². The van der Waals surface area contributed by atoms with E-state index in [0.29, 0.717) is 15.5 Å². The fourth-order valence-corrected chi connectivity index (χ4v) is 2.93. The fraction of sp³-hybridized carbons (Fsp3) is 0.250. The third-order valence-corrected chi connectivity index (χ3v) is 4.68. The van der Waals surface area contributed by atoms with E-state index >= 15 is 0 Å². The summed E-state index contributed by atoms with van der Waals surface area (Å²) in [5.74, 6) is -0.416. The van der Waals surface area contributed by atoms with E-state index in [4.69, 9.17) is 11.6 Å². The van der Waals surface area contributed by atoms with E-state index in [-0.39, 0.29) is 37.0 Å². The summed E-state index contributed by atoms with van der Waals surface area (Å²) < 4.78 is 0. The molecule has 2 aromatic rings. The molecule has 0 unspecified atom stereocenters.